The molecule has 1 aromatic rings. The van der Waals surface area contributed by atoms with E-state index >= 15 is 0 Å². The first-order chi connectivity index (χ1) is 16.6. The summed E-state index contributed by atoms with van der Waals surface area (Å²) in [6.45, 7) is 12.4. The van der Waals surface area contributed by atoms with Crippen molar-refractivity contribution in [2.75, 3.05) is 59.8 Å². The average Bonchev–Trinajstić information content (AvgIpc) is 2.85. The van der Waals surface area contributed by atoms with E-state index in [-0.39, 0.29) is 12.5 Å². The lowest BCUT2D eigenvalue weighted by atomic mass is 10.1. The van der Waals surface area contributed by atoms with Gasteiger partial charge in [-0.25, -0.2) is 0 Å². The first-order valence-electron chi connectivity index (χ1n) is 12.0. The number of carbonyl (C=O) groups is 1. The van der Waals surface area contributed by atoms with Crippen LogP contribution in [0.3, 0.4) is 0 Å². The Bertz CT molecular complexity index is 670. The Kier molecular flexibility index (Phi) is 21.7. The zero-order valence-electron chi connectivity index (χ0n) is 21.4. The van der Waals surface area contributed by atoms with Crippen molar-refractivity contribution in [2.24, 2.45) is 5.92 Å². The molecule has 0 heterocycles. The smallest absolute Gasteiger partial charge is 0.251 e. The molecule has 9 heteroatoms. The van der Waals surface area contributed by atoms with Gasteiger partial charge in [0.1, 0.15) is 17.8 Å². The van der Waals surface area contributed by atoms with Crippen molar-refractivity contribution in [1.82, 2.24) is 10.6 Å². The second-order valence-electron chi connectivity index (χ2n) is 7.47. The van der Waals surface area contributed by atoms with Crippen LogP contribution in [0.4, 0.5) is 0 Å². The number of nitrogens with zero attached hydrogens (tertiary/aromatic N) is 1. The number of nitrogens with one attached hydrogen (secondary N) is 2. The number of carbonyl (C=O) groups excluding carboxylic acids is 1. The molecule has 0 bridgehead atoms. The molecule has 1 amide bonds. The minimum Gasteiger partial charge on any atom is -0.490 e. The van der Waals surface area contributed by atoms with Crippen molar-refractivity contribution in [2.45, 2.75) is 46.0 Å². The van der Waals surface area contributed by atoms with Gasteiger partial charge >= 0.3 is 0 Å². The van der Waals surface area contributed by atoms with Gasteiger partial charge in [0.25, 0.3) is 5.91 Å². The van der Waals surface area contributed by atoms with Crippen LogP contribution in [0.15, 0.2) is 24.3 Å². The molecule has 34 heavy (non-hydrogen) atoms. The number of amides is 1. The predicted octanol–water partition coefficient (Wildman–Crippen LogP) is 4.07. The average molecular weight is 498 g/mol. The maximum atomic E-state index is 12.2. The normalized spacial score (nSPS) is 11.3. The van der Waals surface area contributed by atoms with E-state index in [9.17, 15) is 4.79 Å². The SMILES string of the molecule is CC.CNCCNC(=O)c1cccc(OCC(OCCOCCOCCCC(C)C)SC#N)c1. The minimum absolute atomic E-state index is 0.161. The summed E-state index contributed by atoms with van der Waals surface area (Å²) in [6, 6.07) is 6.93. The van der Waals surface area contributed by atoms with Crippen molar-refractivity contribution in [3.8, 4) is 11.2 Å². The van der Waals surface area contributed by atoms with Crippen molar-refractivity contribution in [3.63, 3.8) is 0 Å². The fourth-order valence-electron chi connectivity index (χ4n) is 2.62. The van der Waals surface area contributed by atoms with Crippen LogP contribution in [0.5, 0.6) is 5.75 Å². The zero-order chi connectivity index (χ0) is 25.4. The van der Waals surface area contributed by atoms with Gasteiger partial charge in [0.05, 0.1) is 26.4 Å². The van der Waals surface area contributed by atoms with E-state index in [4.69, 9.17) is 24.2 Å². The highest BCUT2D eigenvalue weighted by atomic mass is 32.2. The molecule has 1 rings (SSSR count). The van der Waals surface area contributed by atoms with Crippen molar-refractivity contribution >= 4 is 17.7 Å². The maximum Gasteiger partial charge on any atom is 0.251 e. The predicted molar refractivity (Wildman–Crippen MR) is 138 cm³/mol. The molecule has 0 aliphatic carbocycles. The number of ether oxygens (including phenoxy) is 4. The molecule has 0 aliphatic heterocycles. The van der Waals surface area contributed by atoms with Crippen LogP contribution in [-0.4, -0.2) is 71.1 Å². The molecule has 0 fully saturated rings. The summed E-state index contributed by atoms with van der Waals surface area (Å²) in [5.74, 6) is 1.09. The van der Waals surface area contributed by atoms with Crippen molar-refractivity contribution in [1.29, 1.82) is 5.26 Å². The second-order valence-corrected chi connectivity index (χ2v) is 8.41. The summed E-state index contributed by atoms with van der Waals surface area (Å²) in [4.78, 5) is 12.2. The molecule has 2 N–H and O–H groups in total. The summed E-state index contributed by atoms with van der Waals surface area (Å²) in [6.07, 6.45) is 2.24. The molecule has 1 atom stereocenters. The molecule has 0 aliphatic rings. The lowest BCUT2D eigenvalue weighted by Crippen LogP contribution is -2.30. The largest absolute Gasteiger partial charge is 0.490 e. The molecule has 0 spiro atoms. The van der Waals surface area contributed by atoms with Crippen molar-refractivity contribution in [3.05, 3.63) is 29.8 Å². The van der Waals surface area contributed by atoms with Gasteiger partial charge in [-0.3, -0.25) is 4.79 Å². The third-order valence-electron chi connectivity index (χ3n) is 4.30. The number of likely N-dealkylation sites (N-methyl/N-ethyl adjacent to an activating group) is 1. The number of hydrogen-bond donors (Lipinski definition) is 2. The Morgan fingerprint density at radius 1 is 1.09 bits per heavy atom. The van der Waals surface area contributed by atoms with E-state index in [0.717, 1.165) is 24.8 Å². The van der Waals surface area contributed by atoms with E-state index in [2.05, 4.69) is 24.5 Å². The van der Waals surface area contributed by atoms with Gasteiger partial charge in [-0.05, 0) is 55.8 Å². The molecule has 1 aromatic carbocycles. The molecule has 1 unspecified atom stereocenters. The topological polar surface area (TPSA) is 102 Å². The van der Waals surface area contributed by atoms with Gasteiger partial charge in [0.15, 0.2) is 5.44 Å². The maximum absolute atomic E-state index is 12.2. The standard InChI is InChI=1S/C23H37N3O5S.C2H6/c1-19(2)6-5-11-28-12-13-29-14-15-30-22(32-18-24)17-31-21-8-4-7-20(16-21)23(27)26-10-9-25-3;1-2/h4,7-8,16,19,22,25H,5-6,9-15,17H2,1-3H3,(H,26,27);1-2H3. The quantitative estimate of drug-likeness (QED) is 0.168. The Morgan fingerprint density at radius 3 is 2.47 bits per heavy atom. The molecule has 8 nitrogen and oxygen atoms in total. The van der Waals surface area contributed by atoms with E-state index in [1.165, 1.54) is 6.42 Å². The Hall–Kier alpha value is -1.83. The first kappa shape index (κ1) is 32.2. The lowest BCUT2D eigenvalue weighted by molar-refractivity contribution is 0.000944. The van der Waals surface area contributed by atoms with Crippen LogP contribution >= 0.6 is 11.8 Å². The van der Waals surface area contributed by atoms with Crippen molar-refractivity contribution < 1.29 is 23.7 Å². The van der Waals surface area contributed by atoms with E-state index in [1.54, 1.807) is 24.3 Å². The van der Waals surface area contributed by atoms with Gasteiger partial charge < -0.3 is 29.6 Å². The van der Waals surface area contributed by atoms with Crippen LogP contribution in [0.2, 0.25) is 0 Å². The zero-order valence-corrected chi connectivity index (χ0v) is 22.2. The fraction of sp³-hybridized carbons (Fsp3) is 0.680. The molecule has 0 saturated heterocycles. The van der Waals surface area contributed by atoms with Gasteiger partial charge in [0, 0.05) is 25.3 Å². The lowest BCUT2D eigenvalue weighted by Gasteiger charge is -2.16. The van der Waals surface area contributed by atoms with Crippen LogP contribution in [-0.2, 0) is 14.2 Å². The Morgan fingerprint density at radius 2 is 1.79 bits per heavy atom. The summed E-state index contributed by atoms with van der Waals surface area (Å²) in [5.41, 5.74) is 0.0628. The summed E-state index contributed by atoms with van der Waals surface area (Å²) in [7, 11) is 1.83. The Labute approximate surface area is 210 Å². The molecule has 0 radical (unpaired) electrons. The second kappa shape index (κ2) is 22.9. The monoisotopic (exact) mass is 497 g/mol. The highest BCUT2D eigenvalue weighted by Crippen LogP contribution is 2.17. The third-order valence-corrected chi connectivity index (χ3v) is 4.94. The molecular weight excluding hydrogens is 454 g/mol. The number of hydrogen-bond acceptors (Lipinski definition) is 8. The summed E-state index contributed by atoms with van der Waals surface area (Å²) < 4.78 is 22.4. The highest BCUT2D eigenvalue weighted by molar-refractivity contribution is 8.04. The highest BCUT2D eigenvalue weighted by Gasteiger charge is 2.12. The van der Waals surface area contributed by atoms with Gasteiger partial charge in [-0.2, -0.15) is 5.26 Å². The Balaban J connectivity index is 0.00000529. The number of thioether (sulfide) groups is 1. The third kappa shape index (κ3) is 17.6. The van der Waals surface area contributed by atoms with Gasteiger partial charge in [0.2, 0.25) is 0 Å². The van der Waals surface area contributed by atoms with Crippen LogP contribution < -0.4 is 15.4 Å². The van der Waals surface area contributed by atoms with Crippen LogP contribution in [0.25, 0.3) is 0 Å². The number of rotatable bonds is 19. The molecule has 0 saturated carbocycles. The number of benzene rings is 1. The first-order valence-corrected chi connectivity index (χ1v) is 12.9. The molecule has 194 valence electrons. The van der Waals surface area contributed by atoms with E-state index in [1.807, 2.05) is 26.3 Å². The fourth-order valence-corrected chi connectivity index (χ4v) is 3.04. The minimum atomic E-state index is -0.455. The molecule has 0 aromatic heterocycles. The van der Waals surface area contributed by atoms with Gasteiger partial charge in [-0.15, -0.1) is 0 Å². The van der Waals surface area contributed by atoms with Crippen LogP contribution in [0, 0.1) is 16.6 Å². The number of nitriles is 1. The number of thiocyanates is 1. The summed E-state index contributed by atoms with van der Waals surface area (Å²) in [5, 5.41) is 16.8. The van der Waals surface area contributed by atoms with Gasteiger partial charge in [-0.1, -0.05) is 33.8 Å². The van der Waals surface area contributed by atoms with Crippen LogP contribution in [0.1, 0.15) is 50.9 Å². The molecular formula is C25H43N3O5S. The summed E-state index contributed by atoms with van der Waals surface area (Å²) >= 11 is 0.991. The van der Waals surface area contributed by atoms with E-state index < -0.39 is 5.44 Å². The van der Waals surface area contributed by atoms with E-state index in [0.29, 0.717) is 56.7 Å².